The zero-order valence-electron chi connectivity index (χ0n) is 51.9. The number of nitrogens with two attached hydrogens (primary N) is 1. The maximum Gasteiger partial charge on any atom is 0.326 e. The average molecular weight is 1360 g/mol. The van der Waals surface area contributed by atoms with Gasteiger partial charge in [0.2, 0.25) is 5.91 Å². The van der Waals surface area contributed by atoms with Crippen LogP contribution in [-0.2, 0) is 28.7 Å². The minimum Gasteiger partial charge on any atom is -0.481 e. The Labute approximate surface area is 548 Å². The molecule has 0 aromatic heterocycles. The Morgan fingerprint density at radius 2 is 1.05 bits per heavy atom. The number of methoxy groups -OCH3 is 1. The predicted molar refractivity (Wildman–Crippen MR) is 352 cm³/mol. The maximum atomic E-state index is 11.7. The van der Waals surface area contributed by atoms with Gasteiger partial charge in [0.05, 0.1) is 61.7 Å². The molecular weight excluding hydrogens is 1240 g/mol. The van der Waals surface area contributed by atoms with E-state index < -0.39 is 16.8 Å². The first-order chi connectivity index (χ1) is 40.3. The number of aliphatic carboxylic acids is 1. The number of rotatable bonds is 11. The molecule has 87 heavy (non-hydrogen) atoms. The minimum atomic E-state index is -0.804. The molecule has 13 saturated carbocycles. The van der Waals surface area contributed by atoms with Crippen LogP contribution in [0.15, 0.2) is 11.6 Å². The Hall–Kier alpha value is -3.21. The molecule has 13 aliphatic carbocycles. The maximum absolute atomic E-state index is 11.7. The fourth-order valence-corrected chi connectivity index (χ4v) is 20.0. The van der Waals surface area contributed by atoms with Crippen molar-refractivity contribution >= 4 is 68.1 Å². The lowest BCUT2D eigenvalue weighted by Gasteiger charge is -2.33. The Morgan fingerprint density at radius 1 is 0.632 bits per heavy atom. The summed E-state index contributed by atoms with van der Waals surface area (Å²) in [4.78, 5) is 44.7. The summed E-state index contributed by atoms with van der Waals surface area (Å²) in [6.45, 7) is 7.92. The van der Waals surface area contributed by atoms with E-state index in [0.717, 1.165) is 130 Å². The number of hydrogen-bond acceptors (Lipinski definition) is 11. The Balaban J connectivity index is 0.000000185. The second-order valence-corrected chi connectivity index (χ2v) is 31.3. The summed E-state index contributed by atoms with van der Waals surface area (Å²) in [5.74, 6) is 11.3. The van der Waals surface area contributed by atoms with Gasteiger partial charge in [0.15, 0.2) is 5.41 Å². The van der Waals surface area contributed by atoms with Crippen molar-refractivity contribution in [3.8, 4) is 24.3 Å². The van der Waals surface area contributed by atoms with Crippen LogP contribution in [0.25, 0.3) is 0 Å². The van der Waals surface area contributed by atoms with Crippen LogP contribution in [0.3, 0.4) is 0 Å². The standard InChI is InChI=1S/C13H19N.2C11H15NO2.C10H17NO2.C10H15NO.C8H11N.C6H10Br2.2CH4.ClH/c1-10(2)5-6-13(9-14)7-11-3-4-12(11)8-13;1-14-10(13)6-11(7-12)4-8-2-3-9(8)5-11;1-2-14-10(13)11(7-12)5-8-3-4-9(8)6-11;11-6-10(5-9(12)13)3-7-1-2-8(7)4-10;12-9-5-10(6-11-9)3-7-1-2-8(7)4-10;9-5-6-3-7-1-2-8(7)4-6;7-3-5-1-2-6(5)4-8;;;/h5,11-12H,3-4,6-8H2,1-2H3;2*8-9H,2-6H2,1H3;7-8H,1-6,11H2,(H,12,13);7-8H,1-6H2,(H,11,12);6-8H,1-4H2;5-6H,1-4H2;2*1H4;1H/t11-,12-;8-,9+,11?;;2*7-,8+,10?;6?,7-,8+;5-,6+;;;/m0........./s1. The molecule has 0 radical (unpaired) electrons. The van der Waals surface area contributed by atoms with Gasteiger partial charge >= 0.3 is 17.9 Å². The van der Waals surface area contributed by atoms with E-state index in [1.165, 1.54) is 139 Å². The molecule has 18 atom stereocenters. The number of carboxylic acids is 1. The summed E-state index contributed by atoms with van der Waals surface area (Å²) in [6.07, 6.45) is 36.2. The molecule has 0 aromatic carbocycles. The van der Waals surface area contributed by atoms with E-state index in [-0.39, 0.29) is 68.8 Å². The molecule has 14 rings (SSSR count). The number of fused-ring (bicyclic) bond motifs is 6. The van der Waals surface area contributed by atoms with Gasteiger partial charge in [0.25, 0.3) is 0 Å². The first-order valence-corrected chi connectivity index (χ1v) is 35.3. The highest BCUT2D eigenvalue weighted by atomic mass is 79.9. The van der Waals surface area contributed by atoms with E-state index in [1.54, 1.807) is 6.92 Å². The highest BCUT2D eigenvalue weighted by Crippen LogP contribution is 2.61. The van der Waals surface area contributed by atoms with Crippen molar-refractivity contribution in [2.24, 2.45) is 122 Å². The number of amides is 1. The summed E-state index contributed by atoms with van der Waals surface area (Å²) < 4.78 is 9.62. The number of halogens is 3. The molecule has 4 N–H and O–H groups in total. The fraction of sp³-hybridized carbons (Fsp3) is 0.859. The first kappa shape index (κ1) is 74.5. The lowest BCUT2D eigenvalue weighted by atomic mass is 9.76. The normalized spacial score (nSPS) is 39.5. The number of carbonyl (C=O) groups excluding carboxylic acids is 3. The molecule has 0 bridgehead atoms. The molecule has 0 aromatic rings. The Bertz CT molecular complexity index is 2430. The molecule has 16 heteroatoms. The van der Waals surface area contributed by atoms with Crippen LogP contribution in [-0.4, -0.2) is 66.4 Å². The van der Waals surface area contributed by atoms with Crippen LogP contribution in [0.4, 0.5) is 0 Å². The van der Waals surface area contributed by atoms with Gasteiger partial charge < -0.3 is 25.6 Å². The Morgan fingerprint density at radius 3 is 1.36 bits per heavy atom. The van der Waals surface area contributed by atoms with Gasteiger partial charge in [-0.1, -0.05) is 58.4 Å². The lowest BCUT2D eigenvalue weighted by molar-refractivity contribution is -0.152. The SMILES string of the molecule is BrC[C@@H]1CC[C@@H]1CBr.C.C.CC(C)=CCC1(C#N)C[C@@H]2CC[C@H]2C1.CCOC(=O)C1(C#N)CC2CCC2C1.COC(=O)CC1(C#N)C[C@H]2CC[C@H]2C1.Cl.N#CC1C[C@H]2CC[C@H]2C1.NCC1(CC(=O)O)C[C@H]2CC[C@H]2C1.O=C1CC2(CN1)C[C@H]1CC[C@H]1C2. The second kappa shape index (κ2) is 32.9. The van der Waals surface area contributed by atoms with Crippen LogP contribution in [0.2, 0.25) is 0 Å². The van der Waals surface area contributed by atoms with Crippen molar-refractivity contribution in [3.63, 3.8) is 0 Å². The number of nitriles is 4. The number of hydrogen-bond donors (Lipinski definition) is 3. The highest BCUT2D eigenvalue weighted by Gasteiger charge is 2.56. The zero-order valence-corrected chi connectivity index (χ0v) is 55.9. The number of alkyl halides is 2. The molecule has 1 spiro atoms. The molecule has 14 fully saturated rings. The van der Waals surface area contributed by atoms with E-state index in [4.69, 9.17) is 31.4 Å². The predicted octanol–water partition coefficient (Wildman–Crippen LogP) is 16.4. The summed E-state index contributed by atoms with van der Waals surface area (Å²) >= 11 is 6.97. The number of ether oxygens (including phenoxy) is 2. The number of nitrogens with zero attached hydrogens (tertiary/aromatic N) is 4. The van der Waals surface area contributed by atoms with Gasteiger partial charge in [-0.15, -0.1) is 12.4 Å². The van der Waals surface area contributed by atoms with E-state index in [9.17, 15) is 24.4 Å². The van der Waals surface area contributed by atoms with Crippen molar-refractivity contribution < 1.29 is 33.8 Å². The van der Waals surface area contributed by atoms with Crippen LogP contribution in [0.1, 0.15) is 228 Å². The van der Waals surface area contributed by atoms with Crippen LogP contribution in [0.5, 0.6) is 0 Å². The van der Waals surface area contributed by atoms with Gasteiger partial charge in [-0.3, -0.25) is 19.2 Å². The summed E-state index contributed by atoms with van der Waals surface area (Å²) in [6, 6.07) is 9.48. The summed E-state index contributed by atoms with van der Waals surface area (Å²) in [7, 11) is 1.39. The smallest absolute Gasteiger partial charge is 0.326 e. The number of allylic oxidation sites excluding steroid dienone is 2. The largest absolute Gasteiger partial charge is 0.481 e. The molecule has 488 valence electrons. The van der Waals surface area contributed by atoms with Crippen LogP contribution >= 0.6 is 44.3 Å². The summed E-state index contributed by atoms with van der Waals surface area (Å²) in [5, 5.41) is 50.4. The van der Waals surface area contributed by atoms with Crippen LogP contribution in [0, 0.1) is 161 Å². The number of esters is 2. The van der Waals surface area contributed by atoms with Gasteiger partial charge in [-0.2, -0.15) is 21.0 Å². The van der Waals surface area contributed by atoms with Gasteiger partial charge in [0.1, 0.15) is 0 Å². The quantitative estimate of drug-likeness (QED) is 0.0994. The van der Waals surface area contributed by atoms with Crippen molar-refractivity contribution in [1.29, 1.82) is 21.0 Å². The van der Waals surface area contributed by atoms with Crippen molar-refractivity contribution in [3.05, 3.63) is 11.6 Å². The first-order valence-electron chi connectivity index (χ1n) is 33.1. The van der Waals surface area contributed by atoms with E-state index >= 15 is 0 Å². The molecule has 6 unspecified atom stereocenters. The molecular formula is C71H111Br2ClN6O7. The lowest BCUT2D eigenvalue weighted by Crippen LogP contribution is -2.30. The van der Waals surface area contributed by atoms with E-state index in [0.29, 0.717) is 48.2 Å². The molecule has 13 nitrogen and oxygen atoms in total. The summed E-state index contributed by atoms with van der Waals surface area (Å²) in [5.41, 5.74) is 6.20. The monoisotopic (exact) mass is 1350 g/mol. The topological polar surface area (TPSA) is 240 Å². The van der Waals surface area contributed by atoms with Gasteiger partial charge in [0, 0.05) is 29.5 Å². The van der Waals surface area contributed by atoms with Gasteiger partial charge in [-0.05, 0) is 294 Å². The van der Waals surface area contributed by atoms with Crippen LogP contribution < -0.4 is 11.1 Å². The number of carbonyl (C=O) groups is 4. The van der Waals surface area contributed by atoms with Crippen molar-refractivity contribution in [2.75, 3.05) is 37.5 Å². The third kappa shape index (κ3) is 17.9. The highest BCUT2D eigenvalue weighted by molar-refractivity contribution is 9.09. The molecule has 1 saturated heterocycles. The van der Waals surface area contributed by atoms with Crippen molar-refractivity contribution in [1.82, 2.24) is 5.32 Å². The van der Waals surface area contributed by atoms with E-state index in [2.05, 4.69) is 86.1 Å². The average Bonchev–Trinajstić information content (AvgIpc) is 1.86. The van der Waals surface area contributed by atoms with Gasteiger partial charge in [-0.25, -0.2) is 0 Å². The molecule has 1 amide bonds. The minimum absolute atomic E-state index is 0. The molecule has 1 aliphatic heterocycles. The third-order valence-electron chi connectivity index (χ3n) is 24.5. The molecule has 1 heterocycles. The molecule has 14 aliphatic rings. The van der Waals surface area contributed by atoms with Crippen molar-refractivity contribution in [2.45, 2.75) is 228 Å². The van der Waals surface area contributed by atoms with E-state index in [1.807, 2.05) is 0 Å². The fourth-order valence-electron chi connectivity index (χ4n) is 18.3. The number of carboxylic acid groups (broad SMARTS) is 1. The Kier molecular flexibility index (Phi) is 28.2. The number of nitrogens with one attached hydrogen (secondary N) is 1. The second-order valence-electron chi connectivity index (χ2n) is 30.0. The third-order valence-corrected chi connectivity index (χ3v) is 26.2. The zero-order chi connectivity index (χ0) is 60.5.